The third kappa shape index (κ3) is 3.76. The Balaban J connectivity index is 1.61. The Hall–Kier alpha value is -2.00. The maximum Gasteiger partial charge on any atom is 0.185 e. The van der Waals surface area contributed by atoms with Crippen LogP contribution in [0.3, 0.4) is 0 Å². The molecule has 0 N–H and O–H groups in total. The zero-order valence-electron chi connectivity index (χ0n) is 11.6. The molecule has 0 aliphatic carbocycles. The summed E-state index contributed by atoms with van der Waals surface area (Å²) in [5.41, 5.74) is 1.70. The normalized spacial score (nSPS) is 14.9. The average molecular weight is 296 g/mol. The first-order valence-corrected chi connectivity index (χ1v) is 8.09. The van der Waals surface area contributed by atoms with Gasteiger partial charge in [-0.2, -0.15) is 11.8 Å². The smallest absolute Gasteiger partial charge is 0.185 e. The number of ether oxygens (including phenoxy) is 1. The Morgan fingerprint density at radius 3 is 2.38 bits per heavy atom. The van der Waals surface area contributed by atoms with Crippen LogP contribution >= 0.6 is 11.8 Å². The van der Waals surface area contributed by atoms with Crippen molar-refractivity contribution >= 4 is 23.6 Å². The zero-order chi connectivity index (χ0) is 14.5. The number of rotatable bonds is 5. The monoisotopic (exact) mass is 296 g/mol. The molecule has 0 unspecified atom stereocenters. The maximum atomic E-state index is 12.0. The number of ketones is 1. The van der Waals surface area contributed by atoms with E-state index in [1.54, 1.807) is 6.08 Å². The molecular weight excluding hydrogens is 280 g/mol. The first-order valence-electron chi connectivity index (χ1n) is 6.93. The summed E-state index contributed by atoms with van der Waals surface area (Å²) in [6.45, 7) is 0. The van der Waals surface area contributed by atoms with E-state index >= 15 is 0 Å². The maximum absolute atomic E-state index is 12.0. The fraction of sp³-hybridized carbons (Fsp3) is 0.167. The van der Waals surface area contributed by atoms with Crippen LogP contribution in [0.25, 0.3) is 6.08 Å². The highest BCUT2D eigenvalue weighted by atomic mass is 32.2. The van der Waals surface area contributed by atoms with Gasteiger partial charge >= 0.3 is 0 Å². The molecule has 0 aromatic heterocycles. The van der Waals surface area contributed by atoms with Gasteiger partial charge in [-0.3, -0.25) is 4.79 Å². The number of carbonyl (C=O) groups is 1. The Kier molecular flexibility index (Phi) is 4.41. The van der Waals surface area contributed by atoms with Crippen LogP contribution in [-0.4, -0.2) is 23.4 Å². The summed E-state index contributed by atoms with van der Waals surface area (Å²) in [4.78, 5) is 12.0. The van der Waals surface area contributed by atoms with E-state index in [0.29, 0.717) is 11.7 Å². The highest BCUT2D eigenvalue weighted by Gasteiger charge is 2.19. The summed E-state index contributed by atoms with van der Waals surface area (Å²) >= 11 is 1.90. The van der Waals surface area contributed by atoms with E-state index in [9.17, 15) is 4.79 Å². The molecule has 0 atom stereocenters. The number of carbonyl (C=O) groups excluding carboxylic acids is 1. The molecule has 0 spiro atoms. The quantitative estimate of drug-likeness (QED) is 0.614. The molecule has 0 bridgehead atoms. The topological polar surface area (TPSA) is 26.3 Å². The number of hydrogen-bond donors (Lipinski definition) is 0. The summed E-state index contributed by atoms with van der Waals surface area (Å²) in [5.74, 6) is 3.06. The molecule has 1 aliphatic heterocycles. The Labute approximate surface area is 128 Å². The van der Waals surface area contributed by atoms with Crippen molar-refractivity contribution in [1.82, 2.24) is 0 Å². The molecular formula is C18H16O2S. The number of benzene rings is 2. The lowest BCUT2D eigenvalue weighted by molar-refractivity contribution is 0.104. The van der Waals surface area contributed by atoms with Crippen molar-refractivity contribution in [2.24, 2.45) is 0 Å². The second-order valence-electron chi connectivity index (χ2n) is 4.91. The van der Waals surface area contributed by atoms with Gasteiger partial charge in [-0.1, -0.05) is 48.5 Å². The molecule has 2 aromatic rings. The summed E-state index contributed by atoms with van der Waals surface area (Å²) in [6, 6.07) is 17.1. The SMILES string of the molecule is O=C(/C=C/c1ccc(OC2CSC2)cc1)c1ccccc1. The van der Waals surface area contributed by atoms with E-state index in [1.807, 2.05) is 72.4 Å². The molecule has 2 nitrogen and oxygen atoms in total. The van der Waals surface area contributed by atoms with Crippen LogP contribution in [0.15, 0.2) is 60.7 Å². The predicted octanol–water partition coefficient (Wildman–Crippen LogP) is 4.08. The zero-order valence-corrected chi connectivity index (χ0v) is 12.4. The van der Waals surface area contributed by atoms with Crippen LogP contribution in [-0.2, 0) is 0 Å². The van der Waals surface area contributed by atoms with Crippen LogP contribution < -0.4 is 4.74 Å². The van der Waals surface area contributed by atoms with Crippen molar-refractivity contribution < 1.29 is 9.53 Å². The lowest BCUT2D eigenvalue weighted by atomic mass is 10.1. The van der Waals surface area contributed by atoms with Crippen LogP contribution in [0.4, 0.5) is 0 Å². The van der Waals surface area contributed by atoms with E-state index in [0.717, 1.165) is 22.8 Å². The minimum Gasteiger partial charge on any atom is -0.489 e. The lowest BCUT2D eigenvalue weighted by Crippen LogP contribution is -2.30. The van der Waals surface area contributed by atoms with E-state index in [2.05, 4.69) is 0 Å². The van der Waals surface area contributed by atoms with Crippen molar-refractivity contribution in [1.29, 1.82) is 0 Å². The van der Waals surface area contributed by atoms with Gasteiger partial charge in [-0.15, -0.1) is 0 Å². The first-order chi connectivity index (χ1) is 10.3. The molecule has 1 saturated heterocycles. The molecule has 1 aliphatic rings. The largest absolute Gasteiger partial charge is 0.489 e. The summed E-state index contributed by atoms with van der Waals surface area (Å²) in [7, 11) is 0. The Bertz CT molecular complexity index is 628. The molecule has 1 fully saturated rings. The van der Waals surface area contributed by atoms with Gasteiger partial charge in [0.2, 0.25) is 0 Å². The van der Waals surface area contributed by atoms with Gasteiger partial charge in [-0.25, -0.2) is 0 Å². The molecule has 106 valence electrons. The van der Waals surface area contributed by atoms with E-state index in [1.165, 1.54) is 0 Å². The molecule has 3 heteroatoms. The second kappa shape index (κ2) is 6.64. The van der Waals surface area contributed by atoms with Crippen molar-refractivity contribution in [2.45, 2.75) is 6.10 Å². The van der Waals surface area contributed by atoms with Gasteiger partial charge < -0.3 is 4.74 Å². The van der Waals surface area contributed by atoms with E-state index in [-0.39, 0.29) is 5.78 Å². The predicted molar refractivity (Wildman–Crippen MR) is 88.0 cm³/mol. The molecule has 0 radical (unpaired) electrons. The van der Waals surface area contributed by atoms with Gasteiger partial charge in [0.15, 0.2) is 5.78 Å². The second-order valence-corrected chi connectivity index (χ2v) is 5.98. The van der Waals surface area contributed by atoms with Crippen LogP contribution in [0, 0.1) is 0 Å². The van der Waals surface area contributed by atoms with Gasteiger partial charge in [0.25, 0.3) is 0 Å². The van der Waals surface area contributed by atoms with Gasteiger partial charge in [-0.05, 0) is 23.8 Å². The Morgan fingerprint density at radius 2 is 1.76 bits per heavy atom. The third-order valence-electron chi connectivity index (χ3n) is 3.28. The van der Waals surface area contributed by atoms with Crippen LogP contribution in [0.5, 0.6) is 5.75 Å². The van der Waals surface area contributed by atoms with Crippen LogP contribution in [0.2, 0.25) is 0 Å². The van der Waals surface area contributed by atoms with Crippen molar-refractivity contribution in [2.75, 3.05) is 11.5 Å². The van der Waals surface area contributed by atoms with E-state index < -0.39 is 0 Å². The van der Waals surface area contributed by atoms with E-state index in [4.69, 9.17) is 4.74 Å². The molecule has 0 amide bonds. The highest BCUT2D eigenvalue weighted by Crippen LogP contribution is 2.24. The van der Waals surface area contributed by atoms with Gasteiger partial charge in [0, 0.05) is 17.1 Å². The van der Waals surface area contributed by atoms with Gasteiger partial charge in [0.1, 0.15) is 11.9 Å². The molecule has 21 heavy (non-hydrogen) atoms. The standard InChI is InChI=1S/C18H16O2S/c19-18(15-4-2-1-3-5-15)11-8-14-6-9-16(10-7-14)20-17-12-21-13-17/h1-11,17H,12-13H2/b11-8+. The summed E-state index contributed by atoms with van der Waals surface area (Å²) in [5, 5.41) is 0. The Morgan fingerprint density at radius 1 is 1.05 bits per heavy atom. The number of hydrogen-bond acceptors (Lipinski definition) is 3. The fourth-order valence-electron chi connectivity index (χ4n) is 2.00. The molecule has 0 saturated carbocycles. The summed E-state index contributed by atoms with van der Waals surface area (Å²) in [6.07, 6.45) is 3.79. The minimum atomic E-state index is 0.0161. The van der Waals surface area contributed by atoms with Crippen molar-refractivity contribution in [3.63, 3.8) is 0 Å². The van der Waals surface area contributed by atoms with Crippen molar-refractivity contribution in [3.8, 4) is 5.75 Å². The van der Waals surface area contributed by atoms with Crippen LogP contribution in [0.1, 0.15) is 15.9 Å². The summed E-state index contributed by atoms with van der Waals surface area (Å²) < 4.78 is 5.79. The van der Waals surface area contributed by atoms with Crippen molar-refractivity contribution in [3.05, 3.63) is 71.8 Å². The molecule has 3 rings (SSSR count). The average Bonchev–Trinajstić information content (AvgIpc) is 2.50. The third-order valence-corrected chi connectivity index (χ3v) is 4.49. The molecule has 2 aromatic carbocycles. The first kappa shape index (κ1) is 14.0. The van der Waals surface area contributed by atoms with Gasteiger partial charge in [0.05, 0.1) is 0 Å². The molecule has 1 heterocycles. The number of allylic oxidation sites excluding steroid dienone is 1. The fourth-order valence-corrected chi connectivity index (χ4v) is 2.57. The minimum absolute atomic E-state index is 0.0161. The lowest BCUT2D eigenvalue weighted by Gasteiger charge is -2.25. The highest BCUT2D eigenvalue weighted by molar-refractivity contribution is 8.00. The number of thioether (sulfide) groups is 1.